The quantitative estimate of drug-likeness (QED) is 0.493. The number of esters is 1. The van der Waals surface area contributed by atoms with Crippen LogP contribution in [0.1, 0.15) is 53.0 Å². The van der Waals surface area contributed by atoms with Gasteiger partial charge in [0.2, 0.25) is 5.78 Å². The number of benzene rings is 1. The first kappa shape index (κ1) is 21.2. The summed E-state index contributed by atoms with van der Waals surface area (Å²) < 4.78 is 26.0. The third kappa shape index (κ3) is 4.27. The van der Waals surface area contributed by atoms with Crippen molar-refractivity contribution in [1.29, 1.82) is 0 Å². The number of methoxy groups -OCH3 is 1. The van der Waals surface area contributed by atoms with Crippen LogP contribution in [0.15, 0.2) is 30.3 Å². The van der Waals surface area contributed by atoms with Crippen molar-refractivity contribution in [3.63, 3.8) is 0 Å². The molecule has 6 heteroatoms. The highest BCUT2D eigenvalue weighted by molar-refractivity contribution is 5.99. The summed E-state index contributed by atoms with van der Waals surface area (Å²) in [6.45, 7) is 4.74. The fraction of sp³-hybridized carbons (Fsp3) is 0.478. The Bertz CT molecular complexity index is 879. The molecule has 1 aliphatic rings. The van der Waals surface area contributed by atoms with E-state index in [0.717, 1.165) is 29.8 Å². The van der Waals surface area contributed by atoms with Crippen LogP contribution in [-0.4, -0.2) is 36.6 Å². The minimum atomic E-state index is -0.788. The second kappa shape index (κ2) is 8.91. The molecule has 1 aromatic carbocycles. The maximum absolute atomic E-state index is 13.3. The average Bonchev–Trinajstić information content (AvgIpc) is 3.31. The Morgan fingerprint density at radius 2 is 1.79 bits per heavy atom. The van der Waals surface area contributed by atoms with Gasteiger partial charge < -0.3 is 14.0 Å². The molecule has 1 saturated carbocycles. The predicted molar refractivity (Wildman–Crippen MR) is 108 cm³/mol. The summed E-state index contributed by atoms with van der Waals surface area (Å²) in [4.78, 5) is 25.7. The summed E-state index contributed by atoms with van der Waals surface area (Å²) in [5.41, 5.74) is 2.34. The van der Waals surface area contributed by atoms with Crippen LogP contribution in [0.25, 0.3) is 0 Å². The molecule has 5 nitrogen and oxygen atoms in total. The number of carbonyl (C=O) groups is 2. The van der Waals surface area contributed by atoms with Crippen molar-refractivity contribution in [2.75, 3.05) is 20.3 Å². The smallest absolute Gasteiger partial charge is 0.317 e. The van der Waals surface area contributed by atoms with E-state index in [2.05, 4.69) is 0 Å². The van der Waals surface area contributed by atoms with Crippen LogP contribution in [0.5, 0.6) is 0 Å². The first-order valence-corrected chi connectivity index (χ1v) is 10.0. The molecule has 1 fully saturated rings. The number of aryl methyl sites for hydroxylation is 1. The summed E-state index contributed by atoms with van der Waals surface area (Å²) in [5.74, 6) is -0.959. The fourth-order valence-corrected chi connectivity index (χ4v) is 4.32. The van der Waals surface area contributed by atoms with Crippen LogP contribution in [0, 0.1) is 19.7 Å². The van der Waals surface area contributed by atoms with E-state index in [1.54, 1.807) is 19.2 Å². The first-order valence-electron chi connectivity index (χ1n) is 10.0. The minimum Gasteiger partial charge on any atom is -0.457 e. The Kier molecular flexibility index (Phi) is 6.52. The van der Waals surface area contributed by atoms with Crippen LogP contribution < -0.4 is 0 Å². The number of ether oxygens (including phenoxy) is 2. The number of hydrogen-bond donors (Lipinski definition) is 0. The topological polar surface area (TPSA) is 57.5 Å². The lowest BCUT2D eigenvalue weighted by molar-refractivity contribution is -0.149. The monoisotopic (exact) mass is 401 g/mol. The van der Waals surface area contributed by atoms with Crippen LogP contribution in [0.3, 0.4) is 0 Å². The zero-order valence-electron chi connectivity index (χ0n) is 17.3. The van der Waals surface area contributed by atoms with Gasteiger partial charge in [-0.05, 0) is 50.5 Å². The minimum absolute atomic E-state index is 0.220. The van der Waals surface area contributed by atoms with Gasteiger partial charge in [-0.15, -0.1) is 0 Å². The van der Waals surface area contributed by atoms with Crippen molar-refractivity contribution in [2.45, 2.75) is 51.5 Å². The fourth-order valence-electron chi connectivity index (χ4n) is 4.32. The molecule has 0 amide bonds. The Morgan fingerprint density at radius 3 is 2.41 bits per heavy atom. The highest BCUT2D eigenvalue weighted by Gasteiger charge is 2.44. The first-order chi connectivity index (χ1) is 13.9. The molecule has 1 heterocycles. The van der Waals surface area contributed by atoms with Crippen molar-refractivity contribution >= 4 is 11.8 Å². The lowest BCUT2D eigenvalue weighted by atomic mass is 9.79. The molecular formula is C23H28FNO4. The Balaban J connectivity index is 1.72. The van der Waals surface area contributed by atoms with E-state index in [1.807, 2.05) is 24.5 Å². The molecule has 3 rings (SSSR count). The number of carbonyl (C=O) groups excluding carboxylic acids is 2. The summed E-state index contributed by atoms with van der Waals surface area (Å²) in [6.07, 6.45) is 3.11. The molecule has 0 saturated heterocycles. The number of hydrogen-bond acceptors (Lipinski definition) is 4. The number of halogens is 1. The Hall–Kier alpha value is -2.47. The van der Waals surface area contributed by atoms with E-state index in [0.29, 0.717) is 31.6 Å². The maximum atomic E-state index is 13.3. The molecule has 0 unspecified atom stereocenters. The van der Waals surface area contributed by atoms with Crippen LogP contribution >= 0.6 is 0 Å². The van der Waals surface area contributed by atoms with Gasteiger partial charge in [-0.2, -0.15) is 0 Å². The lowest BCUT2D eigenvalue weighted by Crippen LogP contribution is -2.36. The second-order valence-electron chi connectivity index (χ2n) is 7.72. The molecule has 1 aliphatic carbocycles. The number of nitrogens with zero attached hydrogens (tertiary/aromatic N) is 1. The SMILES string of the molecule is COCCn1c(C)cc(C(=O)COC(=O)C2(c3ccc(F)cc3)CCCC2)c1C. The van der Waals surface area contributed by atoms with Gasteiger partial charge in [0.15, 0.2) is 6.61 Å². The molecule has 0 N–H and O–H groups in total. The molecule has 2 aromatic rings. The standard InChI is InChI=1S/C23H28FNO4/c1-16-14-20(17(2)25(16)12-13-28-3)21(26)15-29-22(27)23(10-4-5-11-23)18-6-8-19(24)9-7-18/h6-9,14H,4-5,10-13,15H2,1-3H3. The van der Waals surface area contributed by atoms with Gasteiger partial charge in [0, 0.05) is 30.6 Å². The van der Waals surface area contributed by atoms with E-state index >= 15 is 0 Å². The Morgan fingerprint density at radius 1 is 1.14 bits per heavy atom. The second-order valence-corrected chi connectivity index (χ2v) is 7.72. The van der Waals surface area contributed by atoms with Crippen molar-refractivity contribution in [3.05, 3.63) is 58.7 Å². The molecule has 156 valence electrons. The number of aromatic nitrogens is 1. The zero-order chi connectivity index (χ0) is 21.0. The van der Waals surface area contributed by atoms with Gasteiger partial charge >= 0.3 is 5.97 Å². The summed E-state index contributed by atoms with van der Waals surface area (Å²) in [5, 5.41) is 0. The molecule has 1 aromatic heterocycles. The molecule has 0 bridgehead atoms. The van der Waals surface area contributed by atoms with Crippen LogP contribution in [0.2, 0.25) is 0 Å². The van der Waals surface area contributed by atoms with E-state index in [4.69, 9.17) is 9.47 Å². The zero-order valence-corrected chi connectivity index (χ0v) is 17.3. The third-order valence-electron chi connectivity index (χ3n) is 5.97. The molecule has 29 heavy (non-hydrogen) atoms. The van der Waals surface area contributed by atoms with E-state index < -0.39 is 11.4 Å². The van der Waals surface area contributed by atoms with Crippen molar-refractivity contribution in [2.24, 2.45) is 0 Å². The number of rotatable bonds is 8. The van der Waals surface area contributed by atoms with Gasteiger partial charge in [0.25, 0.3) is 0 Å². The lowest BCUT2D eigenvalue weighted by Gasteiger charge is -2.27. The molecule has 0 aliphatic heterocycles. The summed E-state index contributed by atoms with van der Waals surface area (Å²) >= 11 is 0. The van der Waals surface area contributed by atoms with Crippen molar-refractivity contribution in [1.82, 2.24) is 4.57 Å². The van der Waals surface area contributed by atoms with Gasteiger partial charge in [-0.1, -0.05) is 25.0 Å². The summed E-state index contributed by atoms with van der Waals surface area (Å²) in [6, 6.07) is 7.85. The summed E-state index contributed by atoms with van der Waals surface area (Å²) in [7, 11) is 1.64. The molecule has 0 radical (unpaired) electrons. The number of ketones is 1. The van der Waals surface area contributed by atoms with Crippen molar-refractivity contribution < 1.29 is 23.5 Å². The molecule has 0 atom stereocenters. The van der Waals surface area contributed by atoms with E-state index in [-0.39, 0.29) is 18.2 Å². The van der Waals surface area contributed by atoms with Crippen LogP contribution in [-0.2, 0) is 26.2 Å². The number of Topliss-reactive ketones (excluding diaryl/α,β-unsaturated/α-hetero) is 1. The van der Waals surface area contributed by atoms with Gasteiger partial charge in [0.05, 0.1) is 12.0 Å². The third-order valence-corrected chi connectivity index (χ3v) is 5.97. The largest absolute Gasteiger partial charge is 0.457 e. The van der Waals surface area contributed by atoms with Gasteiger partial charge in [0.1, 0.15) is 5.82 Å². The van der Waals surface area contributed by atoms with Crippen LogP contribution in [0.4, 0.5) is 4.39 Å². The highest BCUT2D eigenvalue weighted by atomic mass is 19.1. The Labute approximate surface area is 170 Å². The highest BCUT2D eigenvalue weighted by Crippen LogP contribution is 2.42. The van der Waals surface area contributed by atoms with Crippen molar-refractivity contribution in [3.8, 4) is 0 Å². The van der Waals surface area contributed by atoms with E-state index in [9.17, 15) is 14.0 Å². The van der Waals surface area contributed by atoms with Gasteiger partial charge in [-0.25, -0.2) is 4.39 Å². The normalized spacial score (nSPS) is 15.4. The average molecular weight is 401 g/mol. The van der Waals surface area contributed by atoms with Gasteiger partial charge in [-0.3, -0.25) is 9.59 Å². The molecular weight excluding hydrogens is 373 g/mol. The molecule has 0 spiro atoms. The predicted octanol–water partition coefficient (Wildman–Crippen LogP) is 4.13. The maximum Gasteiger partial charge on any atom is 0.317 e. The van der Waals surface area contributed by atoms with E-state index in [1.165, 1.54) is 12.1 Å².